The third kappa shape index (κ3) is 4.83. The lowest BCUT2D eigenvalue weighted by atomic mass is 9.95. The Morgan fingerprint density at radius 2 is 1.81 bits per heavy atom. The highest BCUT2D eigenvalue weighted by atomic mass is 32.1. The van der Waals surface area contributed by atoms with E-state index in [-0.39, 0.29) is 11.4 Å². The summed E-state index contributed by atoms with van der Waals surface area (Å²) in [4.78, 5) is 32.7. The molecule has 0 fully saturated rings. The Balaban J connectivity index is 1.94. The van der Waals surface area contributed by atoms with Crippen molar-refractivity contribution in [1.29, 1.82) is 0 Å². The summed E-state index contributed by atoms with van der Waals surface area (Å²) in [6.07, 6.45) is 0.771. The fraction of sp³-hybridized carbons (Fsp3) is 0.417. The zero-order valence-electron chi connectivity index (χ0n) is 18.7. The minimum Gasteiger partial charge on any atom is -0.503 e. The molecule has 1 aliphatic heterocycles. The van der Waals surface area contributed by atoms with Crippen molar-refractivity contribution in [2.75, 3.05) is 45.2 Å². The molecule has 0 radical (unpaired) electrons. The normalized spacial score (nSPS) is 16.5. The SMILES string of the molecule is CCN(CC)CCCN1C(=O)C(O)=C(C(=O)c2cccs2)C1c1ccc(N(C)C)cc1. The van der Waals surface area contributed by atoms with E-state index < -0.39 is 17.7 Å². The van der Waals surface area contributed by atoms with Gasteiger partial charge in [-0.1, -0.05) is 32.0 Å². The summed E-state index contributed by atoms with van der Waals surface area (Å²) in [5, 5.41) is 12.5. The van der Waals surface area contributed by atoms with E-state index in [0.717, 1.165) is 37.3 Å². The van der Waals surface area contributed by atoms with E-state index in [9.17, 15) is 14.7 Å². The Kier molecular flexibility index (Phi) is 7.51. The monoisotopic (exact) mass is 441 g/mol. The van der Waals surface area contributed by atoms with Gasteiger partial charge in [-0.2, -0.15) is 0 Å². The van der Waals surface area contributed by atoms with Gasteiger partial charge in [-0.05, 0) is 55.2 Å². The standard InChI is InChI=1S/C24H31N3O3S/c1-5-26(6-2)14-8-15-27-21(17-10-12-18(13-11-17)25(3)4)20(23(29)24(27)30)22(28)19-9-7-16-31-19/h7,9-13,16,21,29H,5-6,8,14-15H2,1-4H3. The number of aliphatic hydroxyl groups excluding tert-OH is 1. The van der Waals surface area contributed by atoms with Gasteiger partial charge in [0.05, 0.1) is 16.5 Å². The molecule has 0 aliphatic carbocycles. The van der Waals surface area contributed by atoms with Crippen LogP contribution < -0.4 is 4.90 Å². The first-order chi connectivity index (χ1) is 14.9. The average molecular weight is 442 g/mol. The molecule has 3 rings (SSSR count). The van der Waals surface area contributed by atoms with Gasteiger partial charge in [0.1, 0.15) is 0 Å². The van der Waals surface area contributed by atoms with Gasteiger partial charge >= 0.3 is 0 Å². The summed E-state index contributed by atoms with van der Waals surface area (Å²) in [5.74, 6) is -1.18. The van der Waals surface area contributed by atoms with Gasteiger partial charge in [-0.3, -0.25) is 9.59 Å². The molecule has 0 spiro atoms. The first kappa shape index (κ1) is 23.0. The van der Waals surface area contributed by atoms with Crippen LogP contribution >= 0.6 is 11.3 Å². The van der Waals surface area contributed by atoms with Crippen LogP contribution in [0.15, 0.2) is 53.1 Å². The molecular formula is C24H31N3O3S. The molecule has 1 aliphatic rings. The maximum atomic E-state index is 13.2. The minimum absolute atomic E-state index is 0.174. The first-order valence-corrected chi connectivity index (χ1v) is 11.6. The van der Waals surface area contributed by atoms with Gasteiger partial charge in [0, 0.05) is 26.3 Å². The molecule has 1 amide bonds. The molecule has 1 unspecified atom stereocenters. The number of thiophene rings is 1. The van der Waals surface area contributed by atoms with E-state index in [0.29, 0.717) is 11.4 Å². The van der Waals surface area contributed by atoms with E-state index in [1.54, 1.807) is 17.0 Å². The minimum atomic E-state index is -0.588. The van der Waals surface area contributed by atoms with Gasteiger partial charge in [0.2, 0.25) is 5.78 Å². The van der Waals surface area contributed by atoms with Gasteiger partial charge in [-0.25, -0.2) is 0 Å². The van der Waals surface area contributed by atoms with Crippen molar-refractivity contribution in [1.82, 2.24) is 9.80 Å². The number of nitrogens with zero attached hydrogens (tertiary/aromatic N) is 3. The summed E-state index contributed by atoms with van der Waals surface area (Å²) in [5.41, 5.74) is 2.03. The van der Waals surface area contributed by atoms with Gasteiger partial charge in [0.15, 0.2) is 5.76 Å². The topological polar surface area (TPSA) is 64.1 Å². The number of anilines is 1. The zero-order valence-corrected chi connectivity index (χ0v) is 19.5. The lowest BCUT2D eigenvalue weighted by molar-refractivity contribution is -0.129. The molecule has 166 valence electrons. The highest BCUT2D eigenvalue weighted by Crippen LogP contribution is 2.40. The summed E-state index contributed by atoms with van der Waals surface area (Å²) in [7, 11) is 3.93. The van der Waals surface area contributed by atoms with Crippen LogP contribution in [0.4, 0.5) is 5.69 Å². The molecule has 0 saturated carbocycles. The van der Waals surface area contributed by atoms with Gasteiger partial charge < -0.3 is 19.8 Å². The predicted octanol–water partition coefficient (Wildman–Crippen LogP) is 4.12. The predicted molar refractivity (Wildman–Crippen MR) is 126 cm³/mol. The van der Waals surface area contributed by atoms with E-state index in [1.807, 2.05) is 48.6 Å². The zero-order chi connectivity index (χ0) is 22.5. The van der Waals surface area contributed by atoms with Crippen LogP contribution in [-0.4, -0.2) is 66.9 Å². The summed E-state index contributed by atoms with van der Waals surface area (Å²) >= 11 is 1.32. The molecule has 0 saturated heterocycles. The number of benzene rings is 1. The summed E-state index contributed by atoms with van der Waals surface area (Å²) in [6, 6.07) is 10.8. The number of rotatable bonds is 10. The Morgan fingerprint density at radius 3 is 2.35 bits per heavy atom. The largest absolute Gasteiger partial charge is 0.503 e. The molecule has 1 N–H and O–H groups in total. The Hall–Kier alpha value is -2.64. The van der Waals surface area contributed by atoms with Crippen molar-refractivity contribution in [3.63, 3.8) is 0 Å². The number of hydrogen-bond acceptors (Lipinski definition) is 6. The second kappa shape index (κ2) is 10.1. The van der Waals surface area contributed by atoms with Gasteiger partial charge in [-0.15, -0.1) is 11.3 Å². The number of Topliss-reactive ketones (excluding diaryl/α,β-unsaturated/α-hetero) is 1. The van der Waals surface area contributed by atoms with Crippen LogP contribution in [0.1, 0.15) is 41.5 Å². The quantitative estimate of drug-likeness (QED) is 0.562. The molecule has 1 aromatic carbocycles. The molecule has 1 atom stereocenters. The molecule has 7 heteroatoms. The number of ketones is 1. The molecule has 1 aromatic heterocycles. The molecule has 31 heavy (non-hydrogen) atoms. The number of hydrogen-bond donors (Lipinski definition) is 1. The Labute approximate surface area is 188 Å². The fourth-order valence-electron chi connectivity index (χ4n) is 3.96. The number of carbonyl (C=O) groups is 2. The average Bonchev–Trinajstić information content (AvgIpc) is 3.39. The van der Waals surface area contributed by atoms with E-state index in [2.05, 4.69) is 18.7 Å². The summed E-state index contributed by atoms with van der Waals surface area (Å²) < 4.78 is 0. The third-order valence-electron chi connectivity index (χ3n) is 5.79. The number of amides is 1. The lowest BCUT2D eigenvalue weighted by Crippen LogP contribution is -2.34. The van der Waals surface area contributed by atoms with Crippen LogP contribution in [0.5, 0.6) is 0 Å². The smallest absolute Gasteiger partial charge is 0.290 e. The molecule has 0 bridgehead atoms. The number of carbonyl (C=O) groups excluding carboxylic acids is 2. The van der Waals surface area contributed by atoms with Crippen molar-refractivity contribution in [3.05, 3.63) is 63.6 Å². The van der Waals surface area contributed by atoms with E-state index >= 15 is 0 Å². The third-order valence-corrected chi connectivity index (χ3v) is 6.65. The van der Waals surface area contributed by atoms with Crippen LogP contribution in [0, 0.1) is 0 Å². The van der Waals surface area contributed by atoms with Crippen molar-refractivity contribution < 1.29 is 14.7 Å². The van der Waals surface area contributed by atoms with Crippen molar-refractivity contribution in [2.45, 2.75) is 26.3 Å². The molecular weight excluding hydrogens is 410 g/mol. The molecule has 6 nitrogen and oxygen atoms in total. The molecule has 2 aromatic rings. The van der Waals surface area contributed by atoms with Crippen LogP contribution in [0.25, 0.3) is 0 Å². The number of aliphatic hydroxyl groups is 1. The Bertz CT molecular complexity index is 931. The van der Waals surface area contributed by atoms with Crippen molar-refractivity contribution >= 4 is 28.7 Å². The van der Waals surface area contributed by atoms with Crippen molar-refractivity contribution in [3.8, 4) is 0 Å². The lowest BCUT2D eigenvalue weighted by Gasteiger charge is -2.28. The highest BCUT2D eigenvalue weighted by molar-refractivity contribution is 7.12. The van der Waals surface area contributed by atoms with E-state index in [4.69, 9.17) is 0 Å². The second-order valence-electron chi connectivity index (χ2n) is 7.84. The fourth-order valence-corrected chi connectivity index (χ4v) is 4.64. The van der Waals surface area contributed by atoms with E-state index in [1.165, 1.54) is 11.3 Å². The molecule has 2 heterocycles. The highest BCUT2D eigenvalue weighted by Gasteiger charge is 2.43. The Morgan fingerprint density at radius 1 is 1.13 bits per heavy atom. The van der Waals surface area contributed by atoms with Crippen LogP contribution in [-0.2, 0) is 4.79 Å². The maximum absolute atomic E-state index is 13.2. The second-order valence-corrected chi connectivity index (χ2v) is 8.78. The summed E-state index contributed by atoms with van der Waals surface area (Å²) in [6.45, 7) is 7.46. The maximum Gasteiger partial charge on any atom is 0.290 e. The van der Waals surface area contributed by atoms with Gasteiger partial charge in [0.25, 0.3) is 5.91 Å². The van der Waals surface area contributed by atoms with Crippen molar-refractivity contribution in [2.24, 2.45) is 0 Å². The van der Waals surface area contributed by atoms with Crippen LogP contribution in [0.2, 0.25) is 0 Å². The van der Waals surface area contributed by atoms with Crippen LogP contribution in [0.3, 0.4) is 0 Å². The first-order valence-electron chi connectivity index (χ1n) is 10.7.